The smallest absolute Gasteiger partial charge is 0.387 e. The number of benzene rings is 1. The average Bonchev–Trinajstić information content (AvgIpc) is 2.91. The highest BCUT2D eigenvalue weighted by molar-refractivity contribution is 5.30. The molecular weight excluding hydrogens is 276 g/mol. The molecular formula is C15H19F2N3O. The molecule has 0 bridgehead atoms. The molecule has 2 rings (SSSR count). The van der Waals surface area contributed by atoms with Gasteiger partial charge in [-0.3, -0.25) is 0 Å². The van der Waals surface area contributed by atoms with Crippen molar-refractivity contribution in [3.8, 4) is 5.75 Å². The van der Waals surface area contributed by atoms with Crippen LogP contribution in [0.5, 0.6) is 5.75 Å². The van der Waals surface area contributed by atoms with Gasteiger partial charge in [-0.25, -0.2) is 4.98 Å². The minimum Gasteiger partial charge on any atom is -0.435 e. The van der Waals surface area contributed by atoms with E-state index < -0.39 is 6.61 Å². The molecule has 1 N–H and O–H groups in total. The summed E-state index contributed by atoms with van der Waals surface area (Å²) in [6.45, 7) is 2.70. The third-order valence-electron chi connectivity index (χ3n) is 3.29. The lowest BCUT2D eigenvalue weighted by Gasteiger charge is -2.15. The number of aryl methyl sites for hydroxylation is 1. The van der Waals surface area contributed by atoms with Crippen LogP contribution < -0.4 is 10.1 Å². The van der Waals surface area contributed by atoms with E-state index in [0.29, 0.717) is 6.54 Å². The SMILES string of the molecule is CCn1ccnc1CNC(C)c1cccc(OC(F)F)c1. The number of halogens is 2. The van der Waals surface area contributed by atoms with Crippen LogP contribution >= 0.6 is 0 Å². The van der Waals surface area contributed by atoms with Crippen LogP contribution in [-0.4, -0.2) is 16.2 Å². The zero-order chi connectivity index (χ0) is 15.2. The van der Waals surface area contributed by atoms with Crippen molar-refractivity contribution in [2.24, 2.45) is 0 Å². The van der Waals surface area contributed by atoms with Crippen LogP contribution in [0.1, 0.15) is 31.3 Å². The van der Waals surface area contributed by atoms with E-state index in [4.69, 9.17) is 0 Å². The monoisotopic (exact) mass is 295 g/mol. The van der Waals surface area contributed by atoms with Crippen LogP contribution in [0.15, 0.2) is 36.7 Å². The van der Waals surface area contributed by atoms with Gasteiger partial charge in [-0.05, 0) is 31.5 Å². The van der Waals surface area contributed by atoms with Gasteiger partial charge in [-0.15, -0.1) is 0 Å². The fraction of sp³-hybridized carbons (Fsp3) is 0.400. The Kier molecular flexibility index (Phi) is 5.27. The molecule has 1 atom stereocenters. The molecule has 1 unspecified atom stereocenters. The van der Waals surface area contributed by atoms with Crippen molar-refractivity contribution in [1.29, 1.82) is 0 Å². The molecule has 0 amide bonds. The quantitative estimate of drug-likeness (QED) is 0.851. The lowest BCUT2D eigenvalue weighted by atomic mass is 10.1. The Bertz CT molecular complexity index is 572. The molecule has 1 aromatic carbocycles. The largest absolute Gasteiger partial charge is 0.435 e. The van der Waals surface area contributed by atoms with Crippen molar-refractivity contribution < 1.29 is 13.5 Å². The van der Waals surface area contributed by atoms with Crippen LogP contribution in [-0.2, 0) is 13.1 Å². The van der Waals surface area contributed by atoms with Crippen LogP contribution in [0, 0.1) is 0 Å². The number of alkyl halides is 2. The van der Waals surface area contributed by atoms with Crippen molar-refractivity contribution in [3.05, 3.63) is 48.0 Å². The lowest BCUT2D eigenvalue weighted by Crippen LogP contribution is -2.20. The Labute approximate surface area is 122 Å². The van der Waals surface area contributed by atoms with Gasteiger partial charge in [0.25, 0.3) is 0 Å². The summed E-state index contributed by atoms with van der Waals surface area (Å²) in [4.78, 5) is 4.29. The molecule has 2 aromatic rings. The molecule has 0 saturated heterocycles. The molecule has 0 aliphatic rings. The van der Waals surface area contributed by atoms with Gasteiger partial charge < -0.3 is 14.6 Å². The summed E-state index contributed by atoms with van der Waals surface area (Å²) in [7, 11) is 0. The zero-order valence-electron chi connectivity index (χ0n) is 12.1. The Morgan fingerprint density at radius 3 is 2.90 bits per heavy atom. The normalized spacial score (nSPS) is 12.6. The average molecular weight is 295 g/mol. The second kappa shape index (κ2) is 7.17. The third-order valence-corrected chi connectivity index (χ3v) is 3.29. The number of hydrogen-bond acceptors (Lipinski definition) is 3. The summed E-state index contributed by atoms with van der Waals surface area (Å²) < 4.78 is 30.9. The topological polar surface area (TPSA) is 39.1 Å². The number of nitrogens with zero attached hydrogens (tertiary/aromatic N) is 2. The fourth-order valence-electron chi connectivity index (χ4n) is 2.12. The van der Waals surface area contributed by atoms with E-state index in [0.717, 1.165) is 17.9 Å². The Balaban J connectivity index is 1.98. The molecule has 0 fully saturated rings. The van der Waals surface area contributed by atoms with Crippen LogP contribution in [0.3, 0.4) is 0 Å². The van der Waals surface area contributed by atoms with Gasteiger partial charge in [-0.1, -0.05) is 12.1 Å². The predicted molar refractivity (Wildman–Crippen MR) is 76.2 cm³/mol. The molecule has 0 radical (unpaired) electrons. The number of nitrogens with one attached hydrogen (secondary N) is 1. The van der Waals surface area contributed by atoms with Gasteiger partial charge in [0, 0.05) is 25.0 Å². The van der Waals surface area contributed by atoms with E-state index >= 15 is 0 Å². The van der Waals surface area contributed by atoms with Gasteiger partial charge in [0.15, 0.2) is 0 Å². The number of hydrogen-bond donors (Lipinski definition) is 1. The summed E-state index contributed by atoms with van der Waals surface area (Å²) in [5, 5.41) is 3.33. The summed E-state index contributed by atoms with van der Waals surface area (Å²) >= 11 is 0. The maximum Gasteiger partial charge on any atom is 0.387 e. The van der Waals surface area contributed by atoms with Crippen molar-refractivity contribution in [2.45, 2.75) is 39.6 Å². The molecule has 0 saturated carbocycles. The maximum absolute atomic E-state index is 12.2. The molecule has 1 aromatic heterocycles. The standard InChI is InChI=1S/C15H19F2N3O/c1-3-20-8-7-18-14(20)10-19-11(2)12-5-4-6-13(9-12)21-15(16)17/h4-9,11,15,19H,3,10H2,1-2H3. The number of aromatic nitrogens is 2. The van der Waals surface area contributed by atoms with Crippen molar-refractivity contribution in [1.82, 2.24) is 14.9 Å². The second-order valence-electron chi connectivity index (χ2n) is 4.68. The van der Waals surface area contributed by atoms with Gasteiger partial charge in [0.05, 0.1) is 6.54 Å². The minimum atomic E-state index is -2.81. The fourth-order valence-corrected chi connectivity index (χ4v) is 2.12. The second-order valence-corrected chi connectivity index (χ2v) is 4.68. The van der Waals surface area contributed by atoms with E-state index in [1.165, 1.54) is 6.07 Å². The van der Waals surface area contributed by atoms with Crippen LogP contribution in [0.25, 0.3) is 0 Å². The number of rotatable bonds is 7. The molecule has 6 heteroatoms. The van der Waals surface area contributed by atoms with Crippen LogP contribution in [0.4, 0.5) is 8.78 Å². The number of imidazole rings is 1. The summed E-state index contributed by atoms with van der Waals surface area (Å²) in [5.41, 5.74) is 0.891. The van der Waals surface area contributed by atoms with Crippen LogP contribution in [0.2, 0.25) is 0 Å². The summed E-state index contributed by atoms with van der Waals surface area (Å²) in [6, 6.07) is 6.73. The van der Waals surface area contributed by atoms with Gasteiger partial charge >= 0.3 is 6.61 Å². The molecule has 4 nitrogen and oxygen atoms in total. The van der Waals surface area contributed by atoms with Gasteiger partial charge in [0.1, 0.15) is 11.6 Å². The summed E-state index contributed by atoms with van der Waals surface area (Å²) in [6.07, 6.45) is 3.70. The Hall–Kier alpha value is -1.95. The molecule has 0 aliphatic heterocycles. The van der Waals surface area contributed by atoms with Gasteiger partial charge in [0.2, 0.25) is 0 Å². The minimum absolute atomic E-state index is 0.00762. The Morgan fingerprint density at radius 2 is 2.19 bits per heavy atom. The van der Waals surface area contributed by atoms with Crippen molar-refractivity contribution >= 4 is 0 Å². The van der Waals surface area contributed by atoms with E-state index in [9.17, 15) is 8.78 Å². The molecule has 0 aliphatic carbocycles. The third kappa shape index (κ3) is 4.26. The van der Waals surface area contributed by atoms with Crippen molar-refractivity contribution in [3.63, 3.8) is 0 Å². The number of ether oxygens (including phenoxy) is 1. The van der Waals surface area contributed by atoms with E-state index in [1.807, 2.05) is 19.2 Å². The molecule has 114 valence electrons. The highest BCUT2D eigenvalue weighted by atomic mass is 19.3. The van der Waals surface area contributed by atoms with Gasteiger partial charge in [-0.2, -0.15) is 8.78 Å². The lowest BCUT2D eigenvalue weighted by molar-refractivity contribution is -0.0499. The van der Waals surface area contributed by atoms with Crippen molar-refractivity contribution in [2.75, 3.05) is 0 Å². The maximum atomic E-state index is 12.2. The summed E-state index contributed by atoms with van der Waals surface area (Å²) in [5.74, 6) is 1.12. The predicted octanol–water partition coefficient (Wildman–Crippen LogP) is 3.36. The van der Waals surface area contributed by atoms with E-state index in [2.05, 4.69) is 26.5 Å². The molecule has 1 heterocycles. The molecule has 0 spiro atoms. The first kappa shape index (κ1) is 15.4. The first-order valence-corrected chi connectivity index (χ1v) is 6.88. The highest BCUT2D eigenvalue weighted by Gasteiger charge is 2.10. The molecule has 21 heavy (non-hydrogen) atoms. The van der Waals surface area contributed by atoms with E-state index in [1.54, 1.807) is 18.3 Å². The Morgan fingerprint density at radius 1 is 1.38 bits per heavy atom. The highest BCUT2D eigenvalue weighted by Crippen LogP contribution is 2.20. The zero-order valence-corrected chi connectivity index (χ0v) is 12.1. The first-order chi connectivity index (χ1) is 10.1. The van der Waals surface area contributed by atoms with E-state index in [-0.39, 0.29) is 11.8 Å². The first-order valence-electron chi connectivity index (χ1n) is 6.88.